The first kappa shape index (κ1) is 59.9. The van der Waals surface area contributed by atoms with E-state index < -0.39 is 0 Å². The minimum Gasteiger partial charge on any atom is -0.311 e. The van der Waals surface area contributed by atoms with Crippen molar-refractivity contribution in [2.45, 2.75) is 41.5 Å². The number of hydrogen-bond acceptors (Lipinski definition) is 2. The van der Waals surface area contributed by atoms with E-state index in [1.807, 2.05) is 58.1 Å². The summed E-state index contributed by atoms with van der Waals surface area (Å²) < 4.78 is 7.10. The number of imidazole rings is 1. The first-order valence-corrected chi connectivity index (χ1v) is 29.5. The molecule has 0 aliphatic heterocycles. The van der Waals surface area contributed by atoms with Crippen molar-refractivity contribution in [3.05, 3.63) is 335 Å². The fourth-order valence-corrected chi connectivity index (χ4v) is 10.6. The molecule has 0 N–H and O–H groups in total. The molecule has 0 unspecified atom stereocenters. The van der Waals surface area contributed by atoms with Crippen LogP contribution in [0.2, 0.25) is 0 Å². The highest BCUT2D eigenvalue weighted by Gasteiger charge is 2.25. The number of anilines is 3. The smallest absolute Gasteiger partial charge is 0.165 e. The predicted octanol–water partition coefficient (Wildman–Crippen LogP) is 23.2. The summed E-state index contributed by atoms with van der Waals surface area (Å²) in [7, 11) is 0. The molecule has 0 spiro atoms. The summed E-state index contributed by atoms with van der Waals surface area (Å²) in [4.78, 5) is 7.87. The molecule has 13 rings (SSSR count). The van der Waals surface area contributed by atoms with E-state index in [-0.39, 0.29) is 0 Å². The van der Waals surface area contributed by atoms with Crippen LogP contribution in [0, 0.1) is 0 Å². The molecule has 0 amide bonds. The fourth-order valence-electron chi connectivity index (χ4n) is 10.6. The summed E-state index contributed by atoms with van der Waals surface area (Å²) in [5, 5.41) is 3.50. The molecule has 0 aliphatic rings. The highest BCUT2D eigenvalue weighted by molar-refractivity contribution is 6.18. The lowest BCUT2D eigenvalue weighted by Crippen LogP contribution is -2.10. The molecule has 10 aromatic carbocycles. The van der Waals surface area contributed by atoms with Crippen LogP contribution in [0.15, 0.2) is 335 Å². The summed E-state index contributed by atoms with van der Waals surface area (Å²) >= 11 is 0. The summed E-state index contributed by atoms with van der Waals surface area (Å²) in [5.74, 6) is 0.901. The monoisotopic (exact) mass is 1120 g/mol. The molecule has 86 heavy (non-hydrogen) atoms. The Morgan fingerprint density at radius 3 is 1.24 bits per heavy atom. The molecule has 5 nitrogen and oxygen atoms in total. The van der Waals surface area contributed by atoms with Crippen LogP contribution in [0.1, 0.15) is 41.5 Å². The lowest BCUT2D eigenvalue weighted by Gasteiger charge is -2.26. The van der Waals surface area contributed by atoms with Gasteiger partial charge in [-0.1, -0.05) is 251 Å². The van der Waals surface area contributed by atoms with Gasteiger partial charge in [0, 0.05) is 55.8 Å². The quantitative estimate of drug-likeness (QED) is 0.0902. The van der Waals surface area contributed by atoms with Gasteiger partial charge in [-0.05, 0) is 141 Å². The lowest BCUT2D eigenvalue weighted by atomic mass is 10.0. The van der Waals surface area contributed by atoms with Gasteiger partial charge in [-0.2, -0.15) is 0 Å². The van der Waals surface area contributed by atoms with Gasteiger partial charge in [0.25, 0.3) is 0 Å². The van der Waals surface area contributed by atoms with Crippen LogP contribution in [0.4, 0.5) is 17.1 Å². The number of para-hydroxylation sites is 3. The molecule has 0 fully saturated rings. The fraction of sp³-hybridized carbons (Fsp3) is 0.0741. The van der Waals surface area contributed by atoms with Crippen molar-refractivity contribution >= 4 is 60.9 Å². The summed E-state index contributed by atoms with van der Waals surface area (Å²) in [5.41, 5.74) is 18.9. The third-order valence-electron chi connectivity index (χ3n) is 14.3. The number of benzene rings is 10. The Morgan fingerprint density at radius 2 is 0.779 bits per heavy atom. The van der Waals surface area contributed by atoms with Crippen molar-refractivity contribution in [2.24, 2.45) is 0 Å². The molecule has 0 atom stereocenters. The molecule has 0 saturated heterocycles. The number of hydrogen-bond donors (Lipinski definition) is 0. The topological polar surface area (TPSA) is 30.9 Å². The molecule has 424 valence electrons. The van der Waals surface area contributed by atoms with Crippen molar-refractivity contribution in [1.29, 1.82) is 0 Å². The SMILES string of the molecule is C=C/C=C\C.C=C/C=C\C=C(C)C.C=CC.CC.c1ccc(-c2ccc(N(c3ccc(-c4ccccc4)cc3)c3ccc(-n4c5ccccc5c5cc6c(cc54)c4c(nc(-c5ccccc5)n4-c4ccccc4)n6-c4ccccc4)cc3)cc2)cc1. The van der Waals surface area contributed by atoms with Gasteiger partial charge in [-0.3, -0.25) is 9.13 Å². The van der Waals surface area contributed by atoms with Crippen LogP contribution in [0.25, 0.3) is 94.6 Å². The Balaban J connectivity index is 0.000000434. The number of aromatic nitrogens is 4. The van der Waals surface area contributed by atoms with Gasteiger partial charge in [0.2, 0.25) is 0 Å². The van der Waals surface area contributed by atoms with Crippen molar-refractivity contribution in [1.82, 2.24) is 18.7 Å². The zero-order valence-electron chi connectivity index (χ0n) is 50.3. The van der Waals surface area contributed by atoms with E-state index in [1.165, 1.54) is 38.6 Å². The first-order chi connectivity index (χ1) is 42.3. The van der Waals surface area contributed by atoms with Crippen LogP contribution in [-0.2, 0) is 0 Å². The maximum Gasteiger partial charge on any atom is 0.165 e. The third-order valence-corrected chi connectivity index (χ3v) is 14.3. The van der Waals surface area contributed by atoms with Crippen molar-refractivity contribution in [3.63, 3.8) is 0 Å². The number of rotatable bonds is 12. The van der Waals surface area contributed by atoms with Crippen molar-refractivity contribution < 1.29 is 0 Å². The molecular weight excluding hydrogens is 1040 g/mol. The van der Waals surface area contributed by atoms with E-state index in [2.05, 4.69) is 313 Å². The second kappa shape index (κ2) is 29.5. The molecule has 3 heterocycles. The highest BCUT2D eigenvalue weighted by Crippen LogP contribution is 2.43. The van der Waals surface area contributed by atoms with Gasteiger partial charge in [0.05, 0.1) is 16.6 Å². The number of allylic oxidation sites excluding steroid dienone is 9. The van der Waals surface area contributed by atoms with Gasteiger partial charge < -0.3 is 9.47 Å². The predicted molar refractivity (Wildman–Crippen MR) is 374 cm³/mol. The average Bonchev–Trinajstić information content (AvgIpc) is 2.16. The average molecular weight is 1120 g/mol. The van der Waals surface area contributed by atoms with E-state index >= 15 is 0 Å². The maximum atomic E-state index is 5.52. The first-order valence-electron chi connectivity index (χ1n) is 29.5. The Labute approximate surface area is 508 Å². The van der Waals surface area contributed by atoms with Crippen LogP contribution in [0.3, 0.4) is 0 Å². The summed E-state index contributed by atoms with van der Waals surface area (Å²) in [6.45, 7) is 22.3. The molecule has 5 heteroatoms. The Hall–Kier alpha value is -10.8. The van der Waals surface area contributed by atoms with Crippen LogP contribution in [-0.4, -0.2) is 18.7 Å². The standard InChI is InChI=1S/C63H43N5.C8H12.C5H8.C3H6.C2H6/c1-6-18-44(19-7-1)46-30-34-51(35-31-46)65(52-36-32-47(33-37-52)45-20-8-2-9-21-45)53-38-40-54(41-39-53)66-58-29-17-16-28-55(58)56-42-60-57(43-59(56)66)61-63(67(60)49-24-12-4-13-25-49)64-62(48-22-10-3-11-23-48)68(61)50-26-14-5-15-27-50;1-4-5-6-7-8(2)3;1-3-5-4-2;1-3-2;1-2/h1-43H;4-7H,1H2,2-3H3;3-5H,1H2,2H3;3H,1H2,2H3;1-2H3/b;6-5-;5-4-;;. The molecule has 0 aliphatic carbocycles. The van der Waals surface area contributed by atoms with Gasteiger partial charge in [0.1, 0.15) is 11.3 Å². The van der Waals surface area contributed by atoms with Gasteiger partial charge in [0.15, 0.2) is 5.65 Å². The maximum absolute atomic E-state index is 5.52. The Bertz CT molecular complexity index is 4300. The molecule has 0 saturated carbocycles. The number of nitrogens with zero attached hydrogens (tertiary/aromatic N) is 5. The third kappa shape index (κ3) is 13.3. The van der Waals surface area contributed by atoms with Gasteiger partial charge >= 0.3 is 0 Å². The van der Waals surface area contributed by atoms with Crippen LogP contribution < -0.4 is 4.90 Å². The molecule has 0 bridgehead atoms. The van der Waals surface area contributed by atoms with E-state index in [1.54, 1.807) is 18.2 Å². The van der Waals surface area contributed by atoms with E-state index in [9.17, 15) is 0 Å². The molecule has 13 aromatic rings. The minimum atomic E-state index is 0.901. The summed E-state index contributed by atoms with van der Waals surface area (Å²) in [6.07, 6.45) is 15.0. The van der Waals surface area contributed by atoms with E-state index in [4.69, 9.17) is 4.98 Å². The van der Waals surface area contributed by atoms with Gasteiger partial charge in [-0.25, -0.2) is 4.98 Å². The molecule has 3 aromatic heterocycles. The summed E-state index contributed by atoms with van der Waals surface area (Å²) in [6, 6.07) is 93.3. The lowest BCUT2D eigenvalue weighted by molar-refractivity contribution is 1.10. The number of fused-ring (bicyclic) bond motifs is 6. The highest BCUT2D eigenvalue weighted by atomic mass is 15.2. The zero-order chi connectivity index (χ0) is 60.2. The second-order valence-corrected chi connectivity index (χ2v) is 20.3. The van der Waals surface area contributed by atoms with Crippen LogP contribution in [0.5, 0.6) is 0 Å². The Kier molecular flexibility index (Phi) is 20.5. The van der Waals surface area contributed by atoms with E-state index in [0.29, 0.717) is 0 Å². The second-order valence-electron chi connectivity index (χ2n) is 20.3. The van der Waals surface area contributed by atoms with Crippen LogP contribution >= 0.6 is 0 Å². The zero-order valence-corrected chi connectivity index (χ0v) is 50.3. The normalized spacial score (nSPS) is 10.7. The van der Waals surface area contributed by atoms with Crippen molar-refractivity contribution in [3.8, 4) is 50.7 Å². The molecular formula is C81H75N5. The molecule has 0 radical (unpaired) electrons. The van der Waals surface area contributed by atoms with Gasteiger partial charge in [-0.15, -0.1) is 6.58 Å². The van der Waals surface area contributed by atoms with E-state index in [0.717, 1.165) is 78.6 Å². The minimum absolute atomic E-state index is 0.901. The Morgan fingerprint density at radius 1 is 0.384 bits per heavy atom. The largest absolute Gasteiger partial charge is 0.311 e. The van der Waals surface area contributed by atoms with Crippen molar-refractivity contribution in [2.75, 3.05) is 4.90 Å².